The third kappa shape index (κ3) is 7.69. The summed E-state index contributed by atoms with van der Waals surface area (Å²) in [6, 6.07) is 5.89. The van der Waals surface area contributed by atoms with Gasteiger partial charge in [-0.2, -0.15) is 0 Å². The predicted molar refractivity (Wildman–Crippen MR) is 68.0 cm³/mol. The van der Waals surface area contributed by atoms with Gasteiger partial charge in [0, 0.05) is 6.54 Å². The molecule has 0 saturated heterocycles. The van der Waals surface area contributed by atoms with E-state index in [0.29, 0.717) is 6.54 Å². The van der Waals surface area contributed by atoms with Crippen LogP contribution < -0.4 is 15.4 Å². The molecule has 0 saturated carbocycles. The molecule has 3 nitrogen and oxygen atoms in total. The lowest BCUT2D eigenvalue weighted by atomic mass is 10.2. The third-order valence-electron chi connectivity index (χ3n) is 2.44. The number of ether oxygens (including phenoxy) is 1. The molecule has 0 unspecified atom stereocenters. The van der Waals surface area contributed by atoms with Crippen LogP contribution >= 0.6 is 0 Å². The number of alkyl halides is 3. The van der Waals surface area contributed by atoms with E-state index < -0.39 is 6.36 Å². The second kappa shape index (κ2) is 8.01. The molecule has 0 aliphatic carbocycles. The van der Waals surface area contributed by atoms with Crippen LogP contribution in [0.1, 0.15) is 18.9 Å². The topological polar surface area (TPSA) is 33.3 Å². The zero-order chi connectivity index (χ0) is 14.1. The van der Waals surface area contributed by atoms with Gasteiger partial charge in [-0.25, -0.2) is 0 Å². The van der Waals surface area contributed by atoms with E-state index in [1.54, 1.807) is 12.1 Å². The van der Waals surface area contributed by atoms with E-state index in [1.165, 1.54) is 12.1 Å². The molecule has 0 atom stereocenters. The molecule has 1 aromatic carbocycles. The van der Waals surface area contributed by atoms with Gasteiger partial charge in [0.15, 0.2) is 0 Å². The molecule has 0 aromatic heterocycles. The zero-order valence-electron chi connectivity index (χ0n) is 10.9. The van der Waals surface area contributed by atoms with Gasteiger partial charge in [-0.05, 0) is 43.8 Å². The van der Waals surface area contributed by atoms with Crippen LogP contribution in [0.4, 0.5) is 13.2 Å². The Morgan fingerprint density at radius 2 is 1.68 bits per heavy atom. The van der Waals surface area contributed by atoms with Crippen LogP contribution in [0.3, 0.4) is 0 Å². The summed E-state index contributed by atoms with van der Waals surface area (Å²) < 4.78 is 39.7. The van der Waals surface area contributed by atoms with E-state index in [0.717, 1.165) is 31.6 Å². The van der Waals surface area contributed by atoms with Gasteiger partial charge in [0.2, 0.25) is 0 Å². The van der Waals surface area contributed by atoms with Crippen LogP contribution in [0.25, 0.3) is 0 Å². The lowest BCUT2D eigenvalue weighted by molar-refractivity contribution is -0.274. The summed E-state index contributed by atoms with van der Waals surface area (Å²) in [5, 5.41) is 6.44. The van der Waals surface area contributed by atoms with E-state index in [2.05, 4.69) is 22.3 Å². The zero-order valence-corrected chi connectivity index (χ0v) is 10.9. The van der Waals surface area contributed by atoms with Crippen molar-refractivity contribution in [1.29, 1.82) is 0 Å². The fourth-order valence-corrected chi connectivity index (χ4v) is 1.56. The predicted octanol–water partition coefficient (Wildman–Crippen LogP) is 2.67. The Labute approximate surface area is 111 Å². The van der Waals surface area contributed by atoms with E-state index in [-0.39, 0.29) is 5.75 Å². The summed E-state index contributed by atoms with van der Waals surface area (Å²) >= 11 is 0. The highest BCUT2D eigenvalue weighted by Gasteiger charge is 2.30. The minimum atomic E-state index is -4.63. The molecular weight excluding hydrogens is 257 g/mol. The minimum absolute atomic E-state index is 0.191. The number of hydrogen-bond donors (Lipinski definition) is 2. The van der Waals surface area contributed by atoms with Crippen molar-refractivity contribution in [2.45, 2.75) is 26.3 Å². The largest absolute Gasteiger partial charge is 0.573 e. The SMILES string of the molecule is CCNCCCNCc1ccc(OC(F)(F)F)cc1. The summed E-state index contributed by atoms with van der Waals surface area (Å²) in [5.41, 5.74) is 0.929. The highest BCUT2D eigenvalue weighted by molar-refractivity contribution is 5.27. The number of benzene rings is 1. The van der Waals surface area contributed by atoms with Crippen LogP contribution in [-0.4, -0.2) is 26.0 Å². The molecule has 2 N–H and O–H groups in total. The van der Waals surface area contributed by atoms with Gasteiger partial charge in [0.25, 0.3) is 0 Å². The maximum Gasteiger partial charge on any atom is 0.573 e. The van der Waals surface area contributed by atoms with Crippen LogP contribution in [-0.2, 0) is 6.54 Å². The molecule has 0 bridgehead atoms. The molecule has 0 fully saturated rings. The fourth-order valence-electron chi connectivity index (χ4n) is 1.56. The van der Waals surface area contributed by atoms with Crippen LogP contribution in [0.5, 0.6) is 5.75 Å². The molecule has 6 heteroatoms. The van der Waals surface area contributed by atoms with Gasteiger partial charge in [-0.15, -0.1) is 13.2 Å². The Balaban J connectivity index is 2.25. The molecule has 0 spiro atoms. The van der Waals surface area contributed by atoms with Gasteiger partial charge in [-0.1, -0.05) is 19.1 Å². The van der Waals surface area contributed by atoms with Crippen molar-refractivity contribution in [1.82, 2.24) is 10.6 Å². The fraction of sp³-hybridized carbons (Fsp3) is 0.538. The molecular formula is C13H19F3N2O. The van der Waals surface area contributed by atoms with Crippen molar-refractivity contribution in [3.8, 4) is 5.75 Å². The number of nitrogens with one attached hydrogen (secondary N) is 2. The quantitative estimate of drug-likeness (QED) is 0.716. The first-order valence-electron chi connectivity index (χ1n) is 6.27. The summed E-state index contributed by atoms with van der Waals surface area (Å²) in [6.07, 6.45) is -3.62. The molecule has 0 radical (unpaired) electrons. The molecule has 19 heavy (non-hydrogen) atoms. The first-order valence-corrected chi connectivity index (χ1v) is 6.27. The molecule has 0 heterocycles. The molecule has 0 aliphatic heterocycles. The maximum absolute atomic E-state index is 12.0. The lowest BCUT2D eigenvalue weighted by Gasteiger charge is -2.09. The second-order valence-electron chi connectivity index (χ2n) is 4.08. The maximum atomic E-state index is 12.0. The van der Waals surface area contributed by atoms with Crippen LogP contribution in [0.15, 0.2) is 24.3 Å². The Kier molecular flexibility index (Phi) is 6.66. The van der Waals surface area contributed by atoms with E-state index in [9.17, 15) is 13.2 Å². The summed E-state index contributed by atoms with van der Waals surface area (Å²) in [4.78, 5) is 0. The Hall–Kier alpha value is -1.27. The first kappa shape index (κ1) is 15.8. The van der Waals surface area contributed by atoms with Gasteiger partial charge in [0.05, 0.1) is 0 Å². The monoisotopic (exact) mass is 276 g/mol. The smallest absolute Gasteiger partial charge is 0.406 e. The normalized spacial score (nSPS) is 11.6. The van der Waals surface area contributed by atoms with Gasteiger partial charge in [-0.3, -0.25) is 0 Å². The summed E-state index contributed by atoms with van der Waals surface area (Å²) in [6.45, 7) is 5.48. The van der Waals surface area contributed by atoms with Crippen LogP contribution in [0.2, 0.25) is 0 Å². The molecule has 1 rings (SSSR count). The number of rotatable bonds is 8. The minimum Gasteiger partial charge on any atom is -0.406 e. The molecule has 0 aliphatic rings. The molecule has 108 valence electrons. The van der Waals surface area contributed by atoms with E-state index in [1.807, 2.05) is 0 Å². The molecule has 1 aromatic rings. The van der Waals surface area contributed by atoms with Gasteiger partial charge < -0.3 is 15.4 Å². The lowest BCUT2D eigenvalue weighted by Crippen LogP contribution is -2.21. The average molecular weight is 276 g/mol. The van der Waals surface area contributed by atoms with Gasteiger partial charge >= 0.3 is 6.36 Å². The second-order valence-corrected chi connectivity index (χ2v) is 4.08. The van der Waals surface area contributed by atoms with Crippen molar-refractivity contribution in [2.75, 3.05) is 19.6 Å². The summed E-state index contributed by atoms with van der Waals surface area (Å²) in [5.74, 6) is -0.191. The third-order valence-corrected chi connectivity index (χ3v) is 2.44. The van der Waals surface area contributed by atoms with Crippen molar-refractivity contribution in [3.63, 3.8) is 0 Å². The Bertz CT molecular complexity index is 352. The van der Waals surface area contributed by atoms with Gasteiger partial charge in [0.1, 0.15) is 5.75 Å². The first-order chi connectivity index (χ1) is 9.01. The van der Waals surface area contributed by atoms with Crippen molar-refractivity contribution < 1.29 is 17.9 Å². The Morgan fingerprint density at radius 1 is 1.05 bits per heavy atom. The van der Waals surface area contributed by atoms with E-state index in [4.69, 9.17) is 0 Å². The van der Waals surface area contributed by atoms with Crippen molar-refractivity contribution >= 4 is 0 Å². The molecule has 0 amide bonds. The van der Waals surface area contributed by atoms with Crippen LogP contribution in [0, 0.1) is 0 Å². The van der Waals surface area contributed by atoms with E-state index >= 15 is 0 Å². The average Bonchev–Trinajstić information content (AvgIpc) is 2.34. The Morgan fingerprint density at radius 3 is 2.26 bits per heavy atom. The number of halogens is 3. The highest BCUT2D eigenvalue weighted by atomic mass is 19.4. The standard InChI is InChI=1S/C13H19F3N2O/c1-2-17-8-3-9-18-10-11-4-6-12(7-5-11)19-13(14,15)16/h4-7,17-18H,2-3,8-10H2,1H3. The number of hydrogen-bond acceptors (Lipinski definition) is 3. The summed E-state index contributed by atoms with van der Waals surface area (Å²) in [7, 11) is 0. The van der Waals surface area contributed by atoms with Crippen molar-refractivity contribution in [3.05, 3.63) is 29.8 Å². The van der Waals surface area contributed by atoms with Crippen molar-refractivity contribution in [2.24, 2.45) is 0 Å². The highest BCUT2D eigenvalue weighted by Crippen LogP contribution is 2.22.